The molecule has 5 nitrogen and oxygen atoms in total. The van der Waals surface area contributed by atoms with Crippen LogP contribution in [-0.2, 0) is 4.74 Å². The fraction of sp³-hybridized carbons (Fsp3) is 0.767. The largest absolute Gasteiger partial charge is 0.508 e. The minimum atomic E-state index is -0.306. The van der Waals surface area contributed by atoms with E-state index in [-0.39, 0.29) is 18.5 Å². The molecular formula is C30H54N2O3. The van der Waals surface area contributed by atoms with Crippen molar-refractivity contribution in [2.24, 2.45) is 0 Å². The summed E-state index contributed by atoms with van der Waals surface area (Å²) in [6, 6.07) is 6.06. The Hall–Kier alpha value is -1.75. The first-order valence-electron chi connectivity index (χ1n) is 14.6. The number of carbonyl (C=O) groups is 1. The average Bonchev–Trinajstić information content (AvgIpc) is 2.86. The van der Waals surface area contributed by atoms with Gasteiger partial charge >= 0.3 is 6.03 Å². The predicted molar refractivity (Wildman–Crippen MR) is 149 cm³/mol. The van der Waals surface area contributed by atoms with Gasteiger partial charge in [-0.2, -0.15) is 0 Å². The highest BCUT2D eigenvalue weighted by molar-refractivity contribution is 5.89. The lowest BCUT2D eigenvalue weighted by molar-refractivity contribution is 0.118. The molecule has 0 saturated heterocycles. The molecule has 1 aromatic carbocycles. The molecule has 2 amide bonds. The van der Waals surface area contributed by atoms with Gasteiger partial charge in [-0.15, -0.1) is 0 Å². The molecule has 0 aliphatic heterocycles. The van der Waals surface area contributed by atoms with E-state index < -0.39 is 0 Å². The van der Waals surface area contributed by atoms with E-state index in [9.17, 15) is 9.90 Å². The third-order valence-corrected chi connectivity index (χ3v) is 6.60. The number of hydrogen-bond donors (Lipinski definition) is 3. The van der Waals surface area contributed by atoms with Crippen molar-refractivity contribution < 1.29 is 14.6 Å². The molecule has 0 radical (unpaired) electrons. The van der Waals surface area contributed by atoms with Gasteiger partial charge in [0.2, 0.25) is 0 Å². The van der Waals surface area contributed by atoms with Crippen LogP contribution in [-0.4, -0.2) is 24.5 Å². The Kier molecular flexibility index (Phi) is 21.4. The summed E-state index contributed by atoms with van der Waals surface area (Å²) < 4.78 is 5.49. The van der Waals surface area contributed by atoms with Crippen molar-refractivity contribution in [3.63, 3.8) is 0 Å². The molecule has 0 aromatic heterocycles. The molecule has 0 atom stereocenters. The number of hydrogen-bond acceptors (Lipinski definition) is 3. The van der Waals surface area contributed by atoms with Crippen molar-refractivity contribution in [3.8, 4) is 5.75 Å². The van der Waals surface area contributed by atoms with Crippen LogP contribution in [0.1, 0.15) is 135 Å². The minimum Gasteiger partial charge on any atom is -0.508 e. The SMILES string of the molecule is CCCCCCCCCCCCCCCCCCCCCCOCNC(=O)Nc1ccc(O)cc1. The molecule has 35 heavy (non-hydrogen) atoms. The number of anilines is 1. The highest BCUT2D eigenvalue weighted by atomic mass is 16.5. The Balaban J connectivity index is 1.71. The van der Waals surface area contributed by atoms with E-state index in [2.05, 4.69) is 17.6 Å². The van der Waals surface area contributed by atoms with Crippen LogP contribution < -0.4 is 10.6 Å². The molecule has 1 aromatic rings. The number of unbranched alkanes of at least 4 members (excludes halogenated alkanes) is 19. The number of aromatic hydroxyl groups is 1. The summed E-state index contributed by atoms with van der Waals surface area (Å²) in [7, 11) is 0. The summed E-state index contributed by atoms with van der Waals surface area (Å²) in [4.78, 5) is 11.7. The van der Waals surface area contributed by atoms with E-state index in [4.69, 9.17) is 4.74 Å². The predicted octanol–water partition coefficient (Wildman–Crippen LogP) is 9.31. The number of carbonyl (C=O) groups excluding carboxylic acids is 1. The first-order valence-corrected chi connectivity index (χ1v) is 14.6. The summed E-state index contributed by atoms with van der Waals surface area (Å²) in [6.45, 7) is 3.18. The summed E-state index contributed by atoms with van der Waals surface area (Å²) in [5.74, 6) is 0.175. The number of amides is 2. The Morgan fingerprint density at radius 1 is 0.657 bits per heavy atom. The lowest BCUT2D eigenvalue weighted by atomic mass is 10.0. The van der Waals surface area contributed by atoms with Crippen LogP contribution in [0, 0.1) is 0 Å². The fourth-order valence-corrected chi connectivity index (χ4v) is 4.37. The zero-order valence-corrected chi connectivity index (χ0v) is 22.6. The van der Waals surface area contributed by atoms with Crippen molar-refractivity contribution >= 4 is 11.7 Å². The molecule has 0 unspecified atom stereocenters. The zero-order valence-electron chi connectivity index (χ0n) is 22.6. The van der Waals surface area contributed by atoms with Gasteiger partial charge in [0.15, 0.2) is 0 Å². The van der Waals surface area contributed by atoms with Gasteiger partial charge in [0, 0.05) is 12.3 Å². The van der Waals surface area contributed by atoms with E-state index >= 15 is 0 Å². The first kappa shape index (κ1) is 31.3. The van der Waals surface area contributed by atoms with E-state index in [0.717, 1.165) is 6.42 Å². The summed E-state index contributed by atoms with van der Waals surface area (Å²) >= 11 is 0. The van der Waals surface area contributed by atoms with E-state index in [1.54, 1.807) is 12.1 Å². The molecule has 1 rings (SSSR count). The number of ether oxygens (including phenoxy) is 1. The Morgan fingerprint density at radius 3 is 1.49 bits per heavy atom. The number of phenols is 1. The van der Waals surface area contributed by atoms with E-state index in [1.165, 1.54) is 134 Å². The van der Waals surface area contributed by atoms with E-state index in [0.29, 0.717) is 12.3 Å². The van der Waals surface area contributed by atoms with E-state index in [1.807, 2.05) is 0 Å². The fourth-order valence-electron chi connectivity index (χ4n) is 4.37. The van der Waals surface area contributed by atoms with Gasteiger partial charge in [0.25, 0.3) is 0 Å². The highest BCUT2D eigenvalue weighted by Crippen LogP contribution is 2.15. The highest BCUT2D eigenvalue weighted by Gasteiger charge is 2.01. The molecule has 202 valence electrons. The Labute approximate surface area is 215 Å². The van der Waals surface area contributed by atoms with Crippen LogP contribution >= 0.6 is 0 Å². The molecule has 3 N–H and O–H groups in total. The maximum atomic E-state index is 11.7. The van der Waals surface area contributed by atoms with Gasteiger partial charge in [-0.1, -0.05) is 129 Å². The molecule has 5 heteroatoms. The lowest BCUT2D eigenvalue weighted by Crippen LogP contribution is -2.30. The molecule has 0 aliphatic rings. The standard InChI is InChI=1S/C30H54N2O3/c1-2-3-4-5-6-7-8-9-10-11-12-13-14-15-16-17-18-19-20-21-26-35-27-31-30(34)32-28-22-24-29(33)25-23-28/h22-25,33H,2-21,26-27H2,1H3,(H2,31,32,34). The molecule has 0 bridgehead atoms. The van der Waals surface area contributed by atoms with Gasteiger partial charge < -0.3 is 20.5 Å². The second-order valence-electron chi connectivity index (χ2n) is 9.95. The van der Waals surface area contributed by atoms with Gasteiger partial charge in [-0.3, -0.25) is 0 Å². The third kappa shape index (κ3) is 21.3. The molecule has 0 heterocycles. The molecular weight excluding hydrogens is 436 g/mol. The van der Waals surface area contributed by atoms with Gasteiger partial charge in [-0.05, 0) is 30.7 Å². The molecule has 0 aliphatic carbocycles. The number of benzene rings is 1. The van der Waals surface area contributed by atoms with Gasteiger partial charge in [0.1, 0.15) is 12.5 Å². The van der Waals surface area contributed by atoms with Crippen LogP contribution in [0.4, 0.5) is 10.5 Å². The van der Waals surface area contributed by atoms with Crippen molar-refractivity contribution in [1.82, 2.24) is 5.32 Å². The normalized spacial score (nSPS) is 11.0. The monoisotopic (exact) mass is 490 g/mol. The Bertz CT molecular complexity index is 592. The molecule has 0 spiro atoms. The van der Waals surface area contributed by atoms with Crippen LogP contribution in [0.25, 0.3) is 0 Å². The number of phenolic OH excluding ortho intramolecular Hbond substituents is 1. The molecule has 0 saturated carbocycles. The summed E-state index contributed by atoms with van der Waals surface area (Å²) in [5.41, 5.74) is 0.634. The average molecular weight is 491 g/mol. The summed E-state index contributed by atoms with van der Waals surface area (Å²) in [6.07, 6.45) is 27.6. The second-order valence-corrected chi connectivity index (χ2v) is 9.95. The van der Waals surface area contributed by atoms with Crippen LogP contribution in [0.15, 0.2) is 24.3 Å². The second kappa shape index (κ2) is 24.0. The van der Waals surface area contributed by atoms with Gasteiger partial charge in [-0.25, -0.2) is 4.79 Å². The maximum absolute atomic E-state index is 11.7. The minimum absolute atomic E-state index is 0.175. The van der Waals surface area contributed by atoms with Crippen molar-refractivity contribution in [2.45, 2.75) is 135 Å². The third-order valence-electron chi connectivity index (χ3n) is 6.60. The number of nitrogens with one attached hydrogen (secondary N) is 2. The van der Waals surface area contributed by atoms with Crippen molar-refractivity contribution in [1.29, 1.82) is 0 Å². The van der Waals surface area contributed by atoms with Crippen LogP contribution in [0.3, 0.4) is 0 Å². The number of urea groups is 1. The quantitative estimate of drug-likeness (QED) is 0.0768. The lowest BCUT2D eigenvalue weighted by Gasteiger charge is -2.08. The van der Waals surface area contributed by atoms with Gasteiger partial charge in [0.05, 0.1) is 0 Å². The van der Waals surface area contributed by atoms with Crippen molar-refractivity contribution in [2.75, 3.05) is 18.7 Å². The maximum Gasteiger partial charge on any atom is 0.321 e. The van der Waals surface area contributed by atoms with Crippen LogP contribution in [0.2, 0.25) is 0 Å². The first-order chi connectivity index (χ1) is 17.2. The summed E-state index contributed by atoms with van der Waals surface area (Å²) in [5, 5.41) is 14.6. The topological polar surface area (TPSA) is 70.6 Å². The molecule has 0 fully saturated rings. The van der Waals surface area contributed by atoms with Crippen LogP contribution in [0.5, 0.6) is 5.75 Å². The smallest absolute Gasteiger partial charge is 0.321 e. The van der Waals surface area contributed by atoms with Crippen molar-refractivity contribution in [3.05, 3.63) is 24.3 Å². The Morgan fingerprint density at radius 2 is 1.06 bits per heavy atom. The zero-order chi connectivity index (χ0) is 25.2. The number of rotatable bonds is 24.